The maximum absolute atomic E-state index is 13.1. The van der Waals surface area contributed by atoms with Crippen molar-refractivity contribution in [1.82, 2.24) is 0 Å². The van der Waals surface area contributed by atoms with E-state index >= 15 is 0 Å². The summed E-state index contributed by atoms with van der Waals surface area (Å²) in [7, 11) is 0. The van der Waals surface area contributed by atoms with Crippen LogP contribution in [0.1, 0.15) is 69.8 Å². The molecular weight excluding hydrogens is 261 g/mol. The molecule has 0 fully saturated rings. The van der Waals surface area contributed by atoms with E-state index in [1.54, 1.807) is 30.3 Å². The van der Waals surface area contributed by atoms with Crippen molar-refractivity contribution < 1.29 is 13.2 Å². The molecule has 0 aliphatic carbocycles. The van der Waals surface area contributed by atoms with Crippen molar-refractivity contribution in [1.29, 1.82) is 0 Å². The van der Waals surface area contributed by atoms with Crippen molar-refractivity contribution in [2.24, 2.45) is 0 Å². The summed E-state index contributed by atoms with van der Waals surface area (Å²) in [5.74, 6) is -1.31. The zero-order valence-electron chi connectivity index (χ0n) is 12.3. The molecule has 1 aromatic carbocycles. The molecular formula is C17H25F3. The van der Waals surface area contributed by atoms with Crippen molar-refractivity contribution in [2.75, 3.05) is 0 Å². The van der Waals surface area contributed by atoms with Crippen molar-refractivity contribution in [3.05, 3.63) is 35.9 Å². The fourth-order valence-corrected chi connectivity index (χ4v) is 2.51. The standard InChI is InChI=1S/C17H25F3/c1-2-3-4-5-6-7-11-14-16(17(18,19)20)15-12-9-8-10-13-15/h8-10,12-13,16H,2-7,11,14H2,1H3. The molecule has 20 heavy (non-hydrogen) atoms. The quantitative estimate of drug-likeness (QED) is 0.456. The molecule has 0 amide bonds. The zero-order valence-corrected chi connectivity index (χ0v) is 12.3. The molecule has 0 nitrogen and oxygen atoms in total. The molecule has 0 aliphatic rings. The lowest BCUT2D eigenvalue weighted by atomic mass is 9.92. The van der Waals surface area contributed by atoms with Crippen molar-refractivity contribution in [3.63, 3.8) is 0 Å². The molecule has 0 aliphatic heterocycles. The van der Waals surface area contributed by atoms with Gasteiger partial charge in [0.25, 0.3) is 0 Å². The molecule has 0 heterocycles. The van der Waals surface area contributed by atoms with E-state index in [4.69, 9.17) is 0 Å². The second-order valence-electron chi connectivity index (χ2n) is 5.41. The average Bonchev–Trinajstić information content (AvgIpc) is 2.41. The van der Waals surface area contributed by atoms with Crippen molar-refractivity contribution >= 4 is 0 Å². The van der Waals surface area contributed by atoms with Crippen LogP contribution in [0.5, 0.6) is 0 Å². The zero-order chi connectivity index (χ0) is 14.8. The highest BCUT2D eigenvalue weighted by Crippen LogP contribution is 2.38. The van der Waals surface area contributed by atoms with E-state index in [-0.39, 0.29) is 6.42 Å². The molecule has 0 radical (unpaired) electrons. The third-order valence-corrected chi connectivity index (χ3v) is 3.69. The second-order valence-corrected chi connectivity index (χ2v) is 5.41. The van der Waals surface area contributed by atoms with E-state index < -0.39 is 12.1 Å². The number of benzene rings is 1. The van der Waals surface area contributed by atoms with Crippen LogP contribution in [-0.4, -0.2) is 6.18 Å². The van der Waals surface area contributed by atoms with Crippen LogP contribution in [0.3, 0.4) is 0 Å². The Bertz CT molecular complexity index is 343. The third kappa shape index (κ3) is 6.44. The van der Waals surface area contributed by atoms with E-state index in [1.165, 1.54) is 19.3 Å². The number of hydrogen-bond donors (Lipinski definition) is 0. The maximum atomic E-state index is 13.1. The third-order valence-electron chi connectivity index (χ3n) is 3.69. The first-order chi connectivity index (χ1) is 9.55. The van der Waals surface area contributed by atoms with Crippen LogP contribution >= 0.6 is 0 Å². The highest BCUT2D eigenvalue weighted by atomic mass is 19.4. The normalized spacial score (nSPS) is 13.4. The van der Waals surface area contributed by atoms with Gasteiger partial charge >= 0.3 is 6.18 Å². The van der Waals surface area contributed by atoms with Gasteiger partial charge in [-0.2, -0.15) is 13.2 Å². The molecule has 1 unspecified atom stereocenters. The SMILES string of the molecule is CCCCCCCCCC(c1ccccc1)C(F)(F)F. The number of alkyl halides is 3. The lowest BCUT2D eigenvalue weighted by Gasteiger charge is -2.20. The molecule has 114 valence electrons. The summed E-state index contributed by atoms with van der Waals surface area (Å²) in [5.41, 5.74) is 0.394. The molecule has 0 spiro atoms. The van der Waals surface area contributed by atoms with E-state index in [2.05, 4.69) is 6.92 Å². The molecule has 0 saturated heterocycles. The number of halogens is 3. The van der Waals surface area contributed by atoms with Gasteiger partial charge in [0.15, 0.2) is 0 Å². The first-order valence-corrected chi connectivity index (χ1v) is 7.67. The summed E-state index contributed by atoms with van der Waals surface area (Å²) < 4.78 is 39.2. The van der Waals surface area contributed by atoms with Crippen LogP contribution in [-0.2, 0) is 0 Å². The Kier molecular flexibility index (Phi) is 7.71. The van der Waals surface area contributed by atoms with Crippen LogP contribution in [0.4, 0.5) is 13.2 Å². The molecule has 0 saturated carbocycles. The maximum Gasteiger partial charge on any atom is 0.395 e. The van der Waals surface area contributed by atoms with Crippen LogP contribution < -0.4 is 0 Å². The minimum Gasteiger partial charge on any atom is -0.170 e. The molecule has 1 aromatic rings. The Morgan fingerprint density at radius 1 is 0.850 bits per heavy atom. The lowest BCUT2D eigenvalue weighted by Crippen LogP contribution is -2.20. The largest absolute Gasteiger partial charge is 0.395 e. The van der Waals surface area contributed by atoms with E-state index in [0.29, 0.717) is 12.0 Å². The Morgan fingerprint density at radius 2 is 1.40 bits per heavy atom. The van der Waals surface area contributed by atoms with E-state index in [0.717, 1.165) is 19.3 Å². The van der Waals surface area contributed by atoms with Gasteiger partial charge in [-0.3, -0.25) is 0 Å². The number of hydrogen-bond acceptors (Lipinski definition) is 0. The number of rotatable bonds is 9. The van der Waals surface area contributed by atoms with Gasteiger partial charge in [0.1, 0.15) is 0 Å². The first-order valence-electron chi connectivity index (χ1n) is 7.67. The Morgan fingerprint density at radius 3 is 1.95 bits per heavy atom. The fourth-order valence-electron chi connectivity index (χ4n) is 2.51. The van der Waals surface area contributed by atoms with Crippen LogP contribution in [0, 0.1) is 0 Å². The summed E-state index contributed by atoms with van der Waals surface area (Å²) >= 11 is 0. The Hall–Kier alpha value is -0.990. The van der Waals surface area contributed by atoms with Gasteiger partial charge in [-0.25, -0.2) is 0 Å². The molecule has 3 heteroatoms. The topological polar surface area (TPSA) is 0 Å². The molecule has 0 bridgehead atoms. The molecule has 0 aromatic heterocycles. The van der Waals surface area contributed by atoms with Crippen molar-refractivity contribution in [2.45, 2.75) is 70.4 Å². The Balaban J connectivity index is 2.36. The highest BCUT2D eigenvalue weighted by molar-refractivity contribution is 5.20. The lowest BCUT2D eigenvalue weighted by molar-refractivity contribution is -0.152. The van der Waals surface area contributed by atoms with E-state index in [9.17, 15) is 13.2 Å². The van der Waals surface area contributed by atoms with Gasteiger partial charge in [-0.05, 0) is 12.0 Å². The van der Waals surface area contributed by atoms with Gasteiger partial charge in [0.05, 0.1) is 5.92 Å². The van der Waals surface area contributed by atoms with E-state index in [1.807, 2.05) is 0 Å². The monoisotopic (exact) mass is 286 g/mol. The summed E-state index contributed by atoms with van der Waals surface area (Å²) in [6, 6.07) is 8.28. The summed E-state index contributed by atoms with van der Waals surface area (Å²) in [4.78, 5) is 0. The smallest absolute Gasteiger partial charge is 0.170 e. The average molecular weight is 286 g/mol. The summed E-state index contributed by atoms with van der Waals surface area (Å²) in [6.45, 7) is 2.16. The predicted molar refractivity (Wildman–Crippen MR) is 77.8 cm³/mol. The minimum absolute atomic E-state index is 0.210. The van der Waals surface area contributed by atoms with Crippen LogP contribution in [0.15, 0.2) is 30.3 Å². The fraction of sp³-hybridized carbons (Fsp3) is 0.647. The second kappa shape index (κ2) is 9.04. The van der Waals surface area contributed by atoms with Crippen LogP contribution in [0.2, 0.25) is 0 Å². The molecule has 1 atom stereocenters. The van der Waals surface area contributed by atoms with Gasteiger partial charge in [-0.1, -0.05) is 82.2 Å². The molecule has 1 rings (SSSR count). The summed E-state index contributed by atoms with van der Waals surface area (Å²) in [5, 5.41) is 0. The van der Waals surface area contributed by atoms with Gasteiger partial charge in [0.2, 0.25) is 0 Å². The molecule has 0 N–H and O–H groups in total. The van der Waals surface area contributed by atoms with Gasteiger partial charge in [-0.15, -0.1) is 0 Å². The number of unbranched alkanes of at least 4 members (excludes halogenated alkanes) is 6. The Labute approximate surface area is 120 Å². The van der Waals surface area contributed by atoms with Gasteiger partial charge in [0, 0.05) is 0 Å². The first kappa shape index (κ1) is 17.1. The summed E-state index contributed by atoms with van der Waals surface area (Å²) in [6.07, 6.45) is 3.48. The van der Waals surface area contributed by atoms with Crippen molar-refractivity contribution in [3.8, 4) is 0 Å². The highest BCUT2D eigenvalue weighted by Gasteiger charge is 2.39. The van der Waals surface area contributed by atoms with Crippen LogP contribution in [0.25, 0.3) is 0 Å². The van der Waals surface area contributed by atoms with Gasteiger partial charge < -0.3 is 0 Å². The predicted octanol–water partition coefficient (Wildman–Crippen LogP) is 6.47. The minimum atomic E-state index is -4.14.